The Kier molecular flexibility index (Phi) is 5.06. The maximum atomic E-state index is 5.80. The number of rotatable bonds is 5. The van der Waals surface area contributed by atoms with Crippen LogP contribution < -0.4 is 9.64 Å². The standard InChI is InChI=1S/C23H31N3OS/c1-3-25-13-19-21(15-25)28-24-22(19)18-14-26(12-16-8-5-4-6-9-16)23-17(18)10-7-11-20(23)27-2/h7,10-11,16,18H,3-6,8-9,12-15H2,1-2H3. The van der Waals surface area contributed by atoms with Crippen LogP contribution in [-0.2, 0) is 13.1 Å². The minimum atomic E-state index is 0.380. The molecule has 1 aliphatic carbocycles. The lowest BCUT2D eigenvalue weighted by Crippen LogP contribution is -2.30. The molecule has 0 amide bonds. The molecule has 2 aromatic rings. The normalized spacial score (nSPS) is 22.5. The third-order valence-electron chi connectivity index (χ3n) is 6.97. The molecule has 5 rings (SSSR count). The molecule has 1 atom stereocenters. The average molecular weight is 398 g/mol. The average Bonchev–Trinajstić information content (AvgIpc) is 3.41. The zero-order chi connectivity index (χ0) is 19.1. The zero-order valence-corrected chi connectivity index (χ0v) is 17.9. The number of anilines is 1. The van der Waals surface area contributed by atoms with E-state index in [4.69, 9.17) is 9.11 Å². The molecule has 1 saturated carbocycles. The van der Waals surface area contributed by atoms with Crippen molar-refractivity contribution in [3.8, 4) is 5.75 Å². The Hall–Kier alpha value is -1.59. The number of hydrogen-bond donors (Lipinski definition) is 0. The smallest absolute Gasteiger partial charge is 0.142 e. The minimum absolute atomic E-state index is 0.380. The number of ether oxygens (including phenoxy) is 1. The first-order valence-corrected chi connectivity index (χ1v) is 11.7. The van der Waals surface area contributed by atoms with E-state index in [0.717, 1.165) is 44.4 Å². The van der Waals surface area contributed by atoms with E-state index in [1.54, 1.807) is 18.6 Å². The van der Waals surface area contributed by atoms with Crippen LogP contribution in [0.5, 0.6) is 5.75 Å². The topological polar surface area (TPSA) is 28.6 Å². The predicted octanol–water partition coefficient (Wildman–Crippen LogP) is 5.02. The van der Waals surface area contributed by atoms with Crippen LogP contribution in [0.25, 0.3) is 0 Å². The number of methoxy groups -OCH3 is 1. The maximum Gasteiger partial charge on any atom is 0.142 e. The lowest BCUT2D eigenvalue weighted by molar-refractivity contribution is 0.301. The van der Waals surface area contributed by atoms with E-state index in [0.29, 0.717) is 5.92 Å². The molecular weight excluding hydrogens is 366 g/mol. The van der Waals surface area contributed by atoms with Crippen molar-refractivity contribution in [1.29, 1.82) is 0 Å². The van der Waals surface area contributed by atoms with Gasteiger partial charge in [-0.15, -0.1) is 0 Å². The molecule has 0 saturated heterocycles. The highest BCUT2D eigenvalue weighted by atomic mass is 32.1. The van der Waals surface area contributed by atoms with Crippen LogP contribution in [0.3, 0.4) is 0 Å². The Balaban J connectivity index is 1.48. The zero-order valence-electron chi connectivity index (χ0n) is 17.1. The van der Waals surface area contributed by atoms with Gasteiger partial charge in [0.05, 0.1) is 18.5 Å². The van der Waals surface area contributed by atoms with Gasteiger partial charge in [-0.3, -0.25) is 4.90 Å². The number of hydrogen-bond acceptors (Lipinski definition) is 5. The largest absolute Gasteiger partial charge is 0.495 e. The quantitative estimate of drug-likeness (QED) is 0.708. The molecule has 28 heavy (non-hydrogen) atoms. The lowest BCUT2D eigenvalue weighted by Gasteiger charge is -2.29. The molecule has 1 fully saturated rings. The molecule has 2 aliphatic heterocycles. The second-order valence-electron chi connectivity index (χ2n) is 8.63. The molecule has 0 radical (unpaired) electrons. The number of nitrogens with zero attached hydrogens (tertiary/aromatic N) is 3. The van der Waals surface area contributed by atoms with Crippen LogP contribution in [0.1, 0.15) is 66.6 Å². The van der Waals surface area contributed by atoms with Gasteiger partial charge in [0.25, 0.3) is 0 Å². The fourth-order valence-electron chi connectivity index (χ4n) is 5.45. The van der Waals surface area contributed by atoms with E-state index in [9.17, 15) is 0 Å². The molecule has 150 valence electrons. The van der Waals surface area contributed by atoms with Gasteiger partial charge in [-0.1, -0.05) is 38.3 Å². The third kappa shape index (κ3) is 3.13. The van der Waals surface area contributed by atoms with Crippen LogP contribution in [0, 0.1) is 5.92 Å². The van der Waals surface area contributed by atoms with E-state index < -0.39 is 0 Å². The van der Waals surface area contributed by atoms with E-state index >= 15 is 0 Å². The van der Waals surface area contributed by atoms with Crippen LogP contribution >= 0.6 is 11.5 Å². The molecule has 1 aromatic carbocycles. The molecular formula is C23H31N3OS. The number of para-hydroxylation sites is 1. The van der Waals surface area contributed by atoms with Crippen LogP contribution in [0.4, 0.5) is 5.69 Å². The van der Waals surface area contributed by atoms with Crippen molar-refractivity contribution in [3.63, 3.8) is 0 Å². The lowest BCUT2D eigenvalue weighted by atomic mass is 9.89. The maximum absolute atomic E-state index is 5.80. The van der Waals surface area contributed by atoms with Gasteiger partial charge in [0.1, 0.15) is 5.75 Å². The first-order chi connectivity index (χ1) is 13.8. The Labute approximate surface area is 172 Å². The van der Waals surface area contributed by atoms with Crippen molar-refractivity contribution >= 4 is 17.2 Å². The summed E-state index contributed by atoms with van der Waals surface area (Å²) in [5.74, 6) is 2.23. The number of aromatic nitrogens is 1. The summed E-state index contributed by atoms with van der Waals surface area (Å²) in [6.07, 6.45) is 6.96. The summed E-state index contributed by atoms with van der Waals surface area (Å²) in [4.78, 5) is 6.62. The Bertz CT molecular complexity index is 842. The van der Waals surface area contributed by atoms with Gasteiger partial charge in [0.2, 0.25) is 0 Å². The van der Waals surface area contributed by atoms with Gasteiger partial charge in [-0.05, 0) is 48.5 Å². The van der Waals surface area contributed by atoms with Crippen LogP contribution in [0.2, 0.25) is 0 Å². The van der Waals surface area contributed by atoms with Crippen molar-refractivity contribution < 1.29 is 4.74 Å². The molecule has 1 unspecified atom stereocenters. The van der Waals surface area contributed by atoms with Crippen molar-refractivity contribution in [2.75, 3.05) is 31.6 Å². The highest BCUT2D eigenvalue weighted by Gasteiger charge is 2.38. The van der Waals surface area contributed by atoms with E-state index in [2.05, 4.69) is 34.9 Å². The predicted molar refractivity (Wildman–Crippen MR) is 116 cm³/mol. The second kappa shape index (κ2) is 7.68. The summed E-state index contributed by atoms with van der Waals surface area (Å²) in [5, 5.41) is 0. The SMILES string of the molecule is CCN1Cc2snc(C3CN(CC4CCCCC4)c4c(OC)cccc43)c2C1. The molecule has 5 heteroatoms. The fourth-order valence-corrected chi connectivity index (χ4v) is 6.41. The van der Waals surface area contributed by atoms with Crippen molar-refractivity contribution in [1.82, 2.24) is 9.27 Å². The van der Waals surface area contributed by atoms with Crippen molar-refractivity contribution in [2.45, 2.75) is 58.0 Å². The summed E-state index contributed by atoms with van der Waals surface area (Å²) < 4.78 is 10.8. The molecule has 4 nitrogen and oxygen atoms in total. The monoisotopic (exact) mass is 397 g/mol. The van der Waals surface area contributed by atoms with Crippen LogP contribution in [0.15, 0.2) is 18.2 Å². The number of benzene rings is 1. The first kappa shape index (κ1) is 18.4. The summed E-state index contributed by atoms with van der Waals surface area (Å²) in [6.45, 7) is 7.73. The van der Waals surface area contributed by atoms with Gasteiger partial charge >= 0.3 is 0 Å². The third-order valence-corrected chi connectivity index (χ3v) is 7.86. The first-order valence-electron chi connectivity index (χ1n) is 10.9. The number of fused-ring (bicyclic) bond motifs is 2. The van der Waals surface area contributed by atoms with Crippen molar-refractivity contribution in [3.05, 3.63) is 39.9 Å². The highest BCUT2D eigenvalue weighted by Crippen LogP contribution is 2.48. The molecule has 0 spiro atoms. The van der Waals surface area contributed by atoms with Gasteiger partial charge < -0.3 is 9.64 Å². The molecule has 1 aromatic heterocycles. The van der Waals surface area contributed by atoms with E-state index in [1.807, 2.05) is 0 Å². The van der Waals surface area contributed by atoms with E-state index in [1.165, 1.54) is 59.5 Å². The summed E-state index contributed by atoms with van der Waals surface area (Å²) in [7, 11) is 1.81. The van der Waals surface area contributed by atoms with Crippen LogP contribution in [-0.4, -0.2) is 36.0 Å². The van der Waals surface area contributed by atoms with Gasteiger partial charge in [-0.25, -0.2) is 0 Å². The molecule has 0 N–H and O–H groups in total. The Morgan fingerprint density at radius 1 is 1.18 bits per heavy atom. The highest BCUT2D eigenvalue weighted by molar-refractivity contribution is 7.06. The van der Waals surface area contributed by atoms with E-state index in [-0.39, 0.29) is 0 Å². The van der Waals surface area contributed by atoms with Gasteiger partial charge in [0.15, 0.2) is 0 Å². The van der Waals surface area contributed by atoms with Gasteiger partial charge in [-0.2, -0.15) is 4.37 Å². The second-order valence-corrected chi connectivity index (χ2v) is 9.49. The molecule has 0 bridgehead atoms. The van der Waals surface area contributed by atoms with Crippen molar-refractivity contribution in [2.24, 2.45) is 5.92 Å². The molecule has 3 heterocycles. The fraction of sp³-hybridized carbons (Fsp3) is 0.609. The Morgan fingerprint density at radius 3 is 2.82 bits per heavy atom. The van der Waals surface area contributed by atoms with Gasteiger partial charge in [0, 0.05) is 42.5 Å². The Morgan fingerprint density at radius 2 is 2.04 bits per heavy atom. The molecule has 3 aliphatic rings. The minimum Gasteiger partial charge on any atom is -0.495 e. The summed E-state index contributed by atoms with van der Waals surface area (Å²) >= 11 is 1.72. The summed E-state index contributed by atoms with van der Waals surface area (Å²) in [5.41, 5.74) is 5.58. The summed E-state index contributed by atoms with van der Waals surface area (Å²) in [6, 6.07) is 6.58.